The molecule has 6 heterocycles. The standard InChI is InChI=1S/C49H59N7O8/c1-7-42(58)54-17-14-33(25-54)46(60)53(6)43(29(2)3)45(59)51-40-20-30-18-34(21-36(57)19-30)31-12-13-41-37(22-31)38(44(32-10-8-15-50-24-32)56(41)35-26-63-27-35)23-49(4,5)28-64-48(62)39-11-9-16-55(52-39)47(40)61/h7-8,10,12-13,15,18-19,21-22,24,29,33,35,39-40,43,52,57H,1,9,11,14,16-17,20,23,25-28H2,2-6H3,(H,51,59)/t33-,39-,40?,43-/m0/s1. The number of rotatable bonds is 8. The minimum atomic E-state index is -1.16. The van der Waals surface area contributed by atoms with Crippen LogP contribution in [0, 0.1) is 17.3 Å². The molecule has 4 atom stereocenters. The van der Waals surface area contributed by atoms with Gasteiger partial charge in [0.2, 0.25) is 17.7 Å². The van der Waals surface area contributed by atoms with Crippen molar-refractivity contribution in [3.05, 3.63) is 84.7 Å². The van der Waals surface area contributed by atoms with E-state index in [-0.39, 0.29) is 55.6 Å². The molecule has 15 nitrogen and oxygen atoms in total. The van der Waals surface area contributed by atoms with Crippen LogP contribution < -0.4 is 10.7 Å². The normalized spacial score (nSPS) is 22.1. The third kappa shape index (κ3) is 9.00. The van der Waals surface area contributed by atoms with Crippen LogP contribution in [0.1, 0.15) is 64.1 Å². The Balaban J connectivity index is 1.19. The molecule has 338 valence electrons. The van der Waals surface area contributed by atoms with Crippen LogP contribution in [0.15, 0.2) is 73.6 Å². The lowest BCUT2D eigenvalue weighted by molar-refractivity contribution is -0.155. The van der Waals surface area contributed by atoms with Crippen molar-refractivity contribution >= 4 is 40.5 Å². The number of nitrogens with zero attached hydrogens (tertiary/aromatic N) is 5. The Labute approximate surface area is 373 Å². The number of benzene rings is 2. The van der Waals surface area contributed by atoms with E-state index < -0.39 is 47.2 Å². The maximum Gasteiger partial charge on any atom is 0.324 e. The lowest BCUT2D eigenvalue weighted by Crippen LogP contribution is -2.62. The van der Waals surface area contributed by atoms with Crippen molar-refractivity contribution in [3.8, 4) is 28.1 Å². The van der Waals surface area contributed by atoms with Crippen LogP contribution in [0.25, 0.3) is 33.3 Å². The van der Waals surface area contributed by atoms with E-state index in [1.807, 2.05) is 38.2 Å². The highest BCUT2D eigenvalue weighted by Gasteiger charge is 2.40. The molecule has 64 heavy (non-hydrogen) atoms. The number of fused-ring (bicyclic) bond motifs is 6. The second-order valence-electron chi connectivity index (χ2n) is 18.9. The smallest absolute Gasteiger partial charge is 0.324 e. The molecule has 4 aliphatic heterocycles. The maximum absolute atomic E-state index is 14.7. The van der Waals surface area contributed by atoms with Crippen molar-refractivity contribution < 1.29 is 38.6 Å². The fourth-order valence-electron chi connectivity index (χ4n) is 9.80. The van der Waals surface area contributed by atoms with Crippen molar-refractivity contribution in [2.75, 3.05) is 46.5 Å². The van der Waals surface area contributed by atoms with Gasteiger partial charge in [-0.2, -0.15) is 0 Å². The molecule has 1 unspecified atom stereocenters. The van der Waals surface area contributed by atoms with Gasteiger partial charge in [-0.3, -0.25) is 34.0 Å². The fraction of sp³-hybridized carbons (Fsp3) is 0.469. The Morgan fingerprint density at radius 1 is 1.05 bits per heavy atom. The summed E-state index contributed by atoms with van der Waals surface area (Å²) in [7, 11) is 1.58. The number of hydrogen-bond acceptors (Lipinski definition) is 10. The lowest BCUT2D eigenvalue weighted by Gasteiger charge is -2.37. The Kier molecular flexibility index (Phi) is 12.7. The number of pyridine rings is 1. The SMILES string of the molecule is C=CC(=O)N1CC[C@H](C(=O)N(C)[C@H](C(=O)NC2Cc3cc(O)cc(c3)-c3ccc4c(c3)c(c(-c3cccnc3)n4C3COC3)CC(C)(C)COC(=O)[C@@H]3CCCN(N3)C2=O)C(C)C)C1. The van der Waals surface area contributed by atoms with Gasteiger partial charge >= 0.3 is 5.97 Å². The zero-order valence-electron chi connectivity index (χ0n) is 37.3. The van der Waals surface area contributed by atoms with Crippen LogP contribution in [0.3, 0.4) is 0 Å². The van der Waals surface area contributed by atoms with Crippen molar-refractivity contribution in [3.63, 3.8) is 0 Å². The molecule has 4 aromatic rings. The van der Waals surface area contributed by atoms with Crippen molar-refractivity contribution in [2.24, 2.45) is 17.3 Å². The summed E-state index contributed by atoms with van der Waals surface area (Å²) in [6, 6.07) is 12.6. The number of phenolic OH excluding ortho intramolecular Hbond substituents is 1. The predicted molar refractivity (Wildman–Crippen MR) is 240 cm³/mol. The van der Waals surface area contributed by atoms with Gasteiger partial charge in [-0.05, 0) is 96.3 Å². The highest BCUT2D eigenvalue weighted by Crippen LogP contribution is 2.43. The zero-order valence-corrected chi connectivity index (χ0v) is 37.3. The molecule has 3 N–H and O–H groups in total. The van der Waals surface area contributed by atoms with Crippen molar-refractivity contribution in [1.29, 1.82) is 0 Å². The number of amides is 4. The number of cyclic esters (lactones) is 1. The van der Waals surface area contributed by atoms with E-state index in [9.17, 15) is 29.1 Å². The van der Waals surface area contributed by atoms with E-state index in [2.05, 4.69) is 58.9 Å². The molecule has 8 rings (SSSR count). The number of phenols is 1. The quantitative estimate of drug-likeness (QED) is 0.165. The largest absolute Gasteiger partial charge is 0.508 e. The summed E-state index contributed by atoms with van der Waals surface area (Å²) in [5.41, 5.74) is 8.83. The molecule has 6 bridgehead atoms. The summed E-state index contributed by atoms with van der Waals surface area (Å²) in [5, 5.41) is 16.7. The number of carbonyl (C=O) groups is 5. The van der Waals surface area contributed by atoms with Gasteiger partial charge in [-0.25, -0.2) is 5.43 Å². The number of nitrogens with one attached hydrogen (secondary N) is 2. The molecule has 0 saturated carbocycles. The molecular formula is C49H59N7O8. The maximum atomic E-state index is 14.7. The molecule has 3 fully saturated rings. The van der Waals surface area contributed by atoms with Gasteiger partial charge < -0.3 is 34.3 Å². The van der Waals surface area contributed by atoms with Crippen molar-refractivity contribution in [1.82, 2.24) is 35.1 Å². The number of likely N-dealkylation sites (tertiary alicyclic amines) is 1. The number of carbonyl (C=O) groups excluding carboxylic acids is 5. The van der Waals surface area contributed by atoms with Crippen molar-refractivity contribution in [2.45, 2.75) is 84.0 Å². The van der Waals surface area contributed by atoms with Gasteiger partial charge in [-0.15, -0.1) is 0 Å². The monoisotopic (exact) mass is 873 g/mol. The van der Waals surface area contributed by atoms with E-state index in [0.717, 1.165) is 38.9 Å². The van der Waals surface area contributed by atoms with E-state index in [1.165, 1.54) is 16.0 Å². The first kappa shape index (κ1) is 44.5. The number of hydrazine groups is 1. The second kappa shape index (κ2) is 18.2. The fourth-order valence-corrected chi connectivity index (χ4v) is 9.80. The minimum absolute atomic E-state index is 0.00606. The Morgan fingerprint density at radius 3 is 2.55 bits per heavy atom. The summed E-state index contributed by atoms with van der Waals surface area (Å²) in [6.07, 6.45) is 6.82. The van der Waals surface area contributed by atoms with Crippen LogP contribution >= 0.6 is 0 Å². The predicted octanol–water partition coefficient (Wildman–Crippen LogP) is 4.81. The summed E-state index contributed by atoms with van der Waals surface area (Å²) in [6.45, 7) is 13.6. The van der Waals surface area contributed by atoms with Gasteiger partial charge in [0.05, 0.1) is 37.5 Å². The number of esters is 1. The van der Waals surface area contributed by atoms with E-state index in [0.29, 0.717) is 51.0 Å². The first-order valence-corrected chi connectivity index (χ1v) is 22.3. The van der Waals surface area contributed by atoms with E-state index >= 15 is 0 Å². The topological polar surface area (TPSA) is 176 Å². The van der Waals surface area contributed by atoms with Crippen LogP contribution in [0.5, 0.6) is 5.75 Å². The molecule has 2 aromatic carbocycles. The van der Waals surface area contributed by atoms with Gasteiger partial charge in [0.1, 0.15) is 23.9 Å². The second-order valence-corrected chi connectivity index (χ2v) is 18.9. The summed E-state index contributed by atoms with van der Waals surface area (Å²) >= 11 is 0. The minimum Gasteiger partial charge on any atom is -0.508 e. The molecular weight excluding hydrogens is 815 g/mol. The molecule has 3 saturated heterocycles. The molecule has 0 aliphatic carbocycles. The van der Waals surface area contributed by atoms with Crippen LogP contribution in [0.2, 0.25) is 0 Å². The highest BCUT2D eigenvalue weighted by atomic mass is 16.5. The number of ether oxygens (including phenoxy) is 2. The first-order valence-electron chi connectivity index (χ1n) is 22.3. The van der Waals surface area contributed by atoms with Gasteiger partial charge in [0.15, 0.2) is 0 Å². The summed E-state index contributed by atoms with van der Waals surface area (Å²) in [5.74, 6) is -2.84. The first-order chi connectivity index (χ1) is 30.6. The molecule has 15 heteroatoms. The zero-order chi connectivity index (χ0) is 45.4. The average Bonchev–Trinajstić information content (AvgIpc) is 3.87. The average molecular weight is 874 g/mol. The summed E-state index contributed by atoms with van der Waals surface area (Å²) in [4.78, 5) is 76.7. The summed E-state index contributed by atoms with van der Waals surface area (Å²) < 4.78 is 14.1. The van der Waals surface area contributed by atoms with Crippen LogP contribution in [0.4, 0.5) is 0 Å². The van der Waals surface area contributed by atoms with Crippen LogP contribution in [-0.4, -0.2) is 124 Å². The van der Waals surface area contributed by atoms with Gasteiger partial charge in [0, 0.05) is 67.4 Å². The Bertz CT molecular complexity index is 2460. The third-order valence-electron chi connectivity index (χ3n) is 13.1. The number of likely N-dealkylation sites (N-methyl/N-ethyl adjacent to an activating group) is 1. The lowest BCUT2D eigenvalue weighted by atomic mass is 9.84. The molecule has 2 aromatic heterocycles. The third-order valence-corrected chi connectivity index (χ3v) is 13.1. The molecule has 4 aliphatic rings. The highest BCUT2D eigenvalue weighted by molar-refractivity contribution is 5.96. The van der Waals surface area contributed by atoms with Gasteiger partial charge in [0.25, 0.3) is 5.91 Å². The van der Waals surface area contributed by atoms with Crippen LogP contribution in [-0.2, 0) is 46.3 Å². The number of aromatic nitrogens is 2. The molecule has 0 radical (unpaired) electrons. The van der Waals surface area contributed by atoms with E-state index in [4.69, 9.17) is 9.47 Å². The Hall–Kier alpha value is -6.06. The number of aromatic hydroxyl groups is 1. The Morgan fingerprint density at radius 2 is 1.84 bits per heavy atom. The van der Waals surface area contributed by atoms with Gasteiger partial charge in [-0.1, -0.05) is 46.4 Å². The number of hydrogen-bond donors (Lipinski definition) is 3. The van der Waals surface area contributed by atoms with E-state index in [1.54, 1.807) is 30.3 Å². The molecule has 0 spiro atoms. The molecule has 4 amide bonds.